The van der Waals surface area contributed by atoms with Crippen LogP contribution >= 0.6 is 0 Å². The number of ether oxygens (including phenoxy) is 4. The Morgan fingerprint density at radius 3 is 2.57 bits per heavy atom. The van der Waals surface area contributed by atoms with Crippen LogP contribution in [0.1, 0.15) is 65.2 Å². The summed E-state index contributed by atoms with van der Waals surface area (Å²) in [5.41, 5.74) is 1.32. The summed E-state index contributed by atoms with van der Waals surface area (Å²) in [5.74, 6) is 1.64. The average Bonchev–Trinajstić information content (AvgIpc) is 3.37. The van der Waals surface area contributed by atoms with Crippen LogP contribution in [0, 0.1) is 28.6 Å². The van der Waals surface area contributed by atoms with Gasteiger partial charge in [-0.1, -0.05) is 19.4 Å². The maximum Gasteiger partial charge on any atom is 0.226 e. The lowest BCUT2D eigenvalue weighted by Crippen LogP contribution is -2.63. The van der Waals surface area contributed by atoms with Gasteiger partial charge in [-0.05, 0) is 74.2 Å². The van der Waals surface area contributed by atoms with E-state index >= 15 is 0 Å². The quantitative estimate of drug-likeness (QED) is 0.629. The second kappa shape index (κ2) is 5.69. The molecule has 5 nitrogen and oxygen atoms in total. The minimum atomic E-state index is -0.718. The Labute approximate surface area is 167 Å². The monoisotopic (exact) mass is 388 g/mol. The Kier molecular flexibility index (Phi) is 3.67. The molecule has 0 aromatic heterocycles. The molecule has 0 aromatic carbocycles. The van der Waals surface area contributed by atoms with Crippen LogP contribution in [0.5, 0.6) is 0 Å². The fraction of sp³-hybridized carbons (Fsp3) is 0.870. The van der Waals surface area contributed by atoms with E-state index in [1.54, 1.807) is 0 Å². The zero-order valence-electron chi connectivity index (χ0n) is 17.1. The van der Waals surface area contributed by atoms with Gasteiger partial charge in [0.1, 0.15) is 12.2 Å². The second-order valence-electron chi connectivity index (χ2n) is 10.6. The first-order valence-electron chi connectivity index (χ1n) is 11.2. The topological polar surface area (TPSA) is 54.0 Å². The molecule has 2 heterocycles. The van der Waals surface area contributed by atoms with Gasteiger partial charge in [0, 0.05) is 11.8 Å². The standard InChI is InChI=1S/C23H32O5/c1-20-8-5-16(24)11-15(20)3-4-17-18(20)6-9-21(2)19(17)7-10-22(21)23(28-14-26-22)12-25-13-27-23/h11,17-19H,3-10,12-14H2,1-2H3/t17?,18?,19?,20?,21?,22-,23?/m0/s1. The van der Waals surface area contributed by atoms with Crippen molar-refractivity contribution < 1.29 is 23.7 Å². The Hall–Kier alpha value is -0.750. The average molecular weight is 389 g/mol. The van der Waals surface area contributed by atoms with Crippen molar-refractivity contribution in [3.05, 3.63) is 11.6 Å². The molecule has 2 spiro atoms. The number of fused-ring (bicyclic) bond motifs is 7. The lowest BCUT2D eigenvalue weighted by Gasteiger charge is -2.60. The van der Waals surface area contributed by atoms with Crippen LogP contribution in [0.2, 0.25) is 0 Å². The van der Waals surface area contributed by atoms with Crippen molar-refractivity contribution in [2.24, 2.45) is 28.6 Å². The summed E-state index contributed by atoms with van der Waals surface area (Å²) in [7, 11) is 0. The molecule has 2 saturated heterocycles. The third kappa shape index (κ3) is 1.95. The molecule has 6 unspecified atom stereocenters. The van der Waals surface area contributed by atoms with Crippen LogP contribution in [0.15, 0.2) is 11.6 Å². The summed E-state index contributed by atoms with van der Waals surface area (Å²) >= 11 is 0. The normalized spacial score (nSPS) is 55.3. The Balaban J connectivity index is 1.37. The number of rotatable bonds is 0. The zero-order chi connectivity index (χ0) is 19.2. The molecular formula is C23H32O5. The van der Waals surface area contributed by atoms with E-state index < -0.39 is 5.79 Å². The van der Waals surface area contributed by atoms with Crippen molar-refractivity contribution in [3.63, 3.8) is 0 Å². The molecule has 5 heteroatoms. The Morgan fingerprint density at radius 1 is 0.929 bits per heavy atom. The molecule has 3 saturated carbocycles. The van der Waals surface area contributed by atoms with E-state index in [0.29, 0.717) is 43.7 Å². The lowest BCUT2D eigenvalue weighted by molar-refractivity contribution is -0.248. The van der Waals surface area contributed by atoms with Crippen LogP contribution in [-0.4, -0.2) is 37.4 Å². The molecular weight excluding hydrogens is 356 g/mol. The second-order valence-corrected chi connectivity index (χ2v) is 10.6. The van der Waals surface area contributed by atoms with E-state index in [0.717, 1.165) is 32.1 Å². The minimum absolute atomic E-state index is 0.0560. The molecule has 28 heavy (non-hydrogen) atoms. The molecule has 154 valence electrons. The summed E-state index contributed by atoms with van der Waals surface area (Å²) in [5, 5.41) is 0. The summed E-state index contributed by atoms with van der Waals surface area (Å²) in [6, 6.07) is 0. The summed E-state index contributed by atoms with van der Waals surface area (Å²) in [4.78, 5) is 12.0. The van der Waals surface area contributed by atoms with Crippen molar-refractivity contribution in [3.8, 4) is 0 Å². The highest BCUT2D eigenvalue weighted by Crippen LogP contribution is 2.71. The predicted molar refractivity (Wildman–Crippen MR) is 101 cm³/mol. The summed E-state index contributed by atoms with van der Waals surface area (Å²) < 4.78 is 24.3. The third-order valence-electron chi connectivity index (χ3n) is 9.96. The number of carbonyl (C=O) groups excluding carboxylic acids is 1. The SMILES string of the molecule is CC12CCC(=O)C=C1CCC1C2CCC2(C)C1CC[C@]21OCOC12COCO2. The largest absolute Gasteiger partial charge is 0.350 e. The van der Waals surface area contributed by atoms with Gasteiger partial charge in [0.05, 0.1) is 0 Å². The minimum Gasteiger partial charge on any atom is -0.350 e. The molecule has 7 atom stereocenters. The molecule has 4 aliphatic carbocycles. The molecule has 0 aromatic rings. The number of allylic oxidation sites excluding steroid dienone is 1. The Bertz CT molecular complexity index is 734. The van der Waals surface area contributed by atoms with E-state index in [1.165, 1.54) is 24.8 Å². The van der Waals surface area contributed by atoms with Gasteiger partial charge in [0.2, 0.25) is 5.79 Å². The first-order valence-corrected chi connectivity index (χ1v) is 11.2. The fourth-order valence-corrected chi connectivity index (χ4v) is 8.54. The van der Waals surface area contributed by atoms with Gasteiger partial charge in [-0.15, -0.1) is 0 Å². The maximum atomic E-state index is 12.0. The van der Waals surface area contributed by atoms with Crippen molar-refractivity contribution >= 4 is 5.78 Å². The van der Waals surface area contributed by atoms with E-state index in [4.69, 9.17) is 18.9 Å². The van der Waals surface area contributed by atoms with Crippen LogP contribution in [0.4, 0.5) is 0 Å². The van der Waals surface area contributed by atoms with Gasteiger partial charge < -0.3 is 18.9 Å². The molecule has 5 fully saturated rings. The van der Waals surface area contributed by atoms with E-state index in [-0.39, 0.29) is 16.4 Å². The first-order chi connectivity index (χ1) is 13.4. The molecule has 2 aliphatic heterocycles. The number of ketones is 1. The molecule has 0 bridgehead atoms. The number of hydrogen-bond acceptors (Lipinski definition) is 5. The van der Waals surface area contributed by atoms with Crippen LogP contribution in [0.3, 0.4) is 0 Å². The van der Waals surface area contributed by atoms with Gasteiger partial charge in [-0.3, -0.25) is 4.79 Å². The molecule has 0 N–H and O–H groups in total. The third-order valence-corrected chi connectivity index (χ3v) is 9.96. The first kappa shape index (κ1) is 18.1. The Morgan fingerprint density at radius 2 is 1.75 bits per heavy atom. The van der Waals surface area contributed by atoms with Gasteiger partial charge in [0.15, 0.2) is 19.4 Å². The molecule has 0 radical (unpaired) electrons. The van der Waals surface area contributed by atoms with Gasteiger partial charge >= 0.3 is 0 Å². The lowest BCUT2D eigenvalue weighted by atomic mass is 9.46. The van der Waals surface area contributed by atoms with Crippen LogP contribution in [-0.2, 0) is 23.7 Å². The van der Waals surface area contributed by atoms with Crippen molar-refractivity contribution in [1.82, 2.24) is 0 Å². The molecule has 6 aliphatic rings. The highest BCUT2D eigenvalue weighted by Gasteiger charge is 2.75. The zero-order valence-corrected chi connectivity index (χ0v) is 17.1. The summed E-state index contributed by atoms with van der Waals surface area (Å²) in [6.45, 7) is 5.98. The smallest absolute Gasteiger partial charge is 0.226 e. The van der Waals surface area contributed by atoms with Crippen molar-refractivity contribution in [2.45, 2.75) is 76.6 Å². The van der Waals surface area contributed by atoms with E-state index in [2.05, 4.69) is 13.8 Å². The van der Waals surface area contributed by atoms with Crippen molar-refractivity contribution in [2.75, 3.05) is 20.2 Å². The van der Waals surface area contributed by atoms with Crippen LogP contribution < -0.4 is 0 Å². The highest BCUT2D eigenvalue weighted by molar-refractivity contribution is 5.91. The number of carbonyl (C=O) groups is 1. The number of hydrogen-bond donors (Lipinski definition) is 0. The predicted octanol–water partition coefficient (Wildman–Crippen LogP) is 3.96. The van der Waals surface area contributed by atoms with Gasteiger partial charge in [-0.25, -0.2) is 0 Å². The van der Waals surface area contributed by atoms with Gasteiger partial charge in [-0.2, -0.15) is 0 Å². The van der Waals surface area contributed by atoms with E-state index in [1.807, 2.05) is 6.08 Å². The van der Waals surface area contributed by atoms with Crippen molar-refractivity contribution in [1.29, 1.82) is 0 Å². The highest BCUT2D eigenvalue weighted by atomic mass is 16.9. The van der Waals surface area contributed by atoms with E-state index in [9.17, 15) is 4.79 Å². The molecule has 6 rings (SSSR count). The maximum absolute atomic E-state index is 12.0. The van der Waals surface area contributed by atoms with Crippen LogP contribution in [0.25, 0.3) is 0 Å². The fourth-order valence-electron chi connectivity index (χ4n) is 8.54. The van der Waals surface area contributed by atoms with Gasteiger partial charge in [0.25, 0.3) is 0 Å². The summed E-state index contributed by atoms with van der Waals surface area (Å²) in [6.07, 6.45) is 10.6. The molecule has 0 amide bonds.